The summed E-state index contributed by atoms with van der Waals surface area (Å²) >= 11 is 0. The first-order chi connectivity index (χ1) is 12.8. The van der Waals surface area contributed by atoms with Crippen LogP contribution in [0, 0.1) is 0 Å². The lowest BCUT2D eigenvalue weighted by atomic mass is 10.2. The molecule has 0 amide bonds. The van der Waals surface area contributed by atoms with Gasteiger partial charge in [0, 0.05) is 58.4 Å². The Morgan fingerprint density at radius 1 is 0.692 bits per heavy atom. The molecule has 0 spiro atoms. The van der Waals surface area contributed by atoms with Gasteiger partial charge in [-0.15, -0.1) is 0 Å². The van der Waals surface area contributed by atoms with Gasteiger partial charge in [0.15, 0.2) is 0 Å². The van der Waals surface area contributed by atoms with Gasteiger partial charge in [0.05, 0.1) is 12.4 Å². The van der Waals surface area contributed by atoms with E-state index in [1.54, 1.807) is 0 Å². The zero-order valence-corrected chi connectivity index (χ0v) is 15.1. The van der Waals surface area contributed by atoms with E-state index in [0.717, 1.165) is 24.2 Å². The van der Waals surface area contributed by atoms with E-state index in [0.29, 0.717) is 0 Å². The highest BCUT2D eigenvalue weighted by Crippen LogP contribution is 2.21. The lowest BCUT2D eigenvalue weighted by Gasteiger charge is -1.97. The van der Waals surface area contributed by atoms with Crippen LogP contribution in [-0.2, 0) is 13.1 Å². The minimum atomic E-state index is 0.939. The Morgan fingerprint density at radius 3 is 1.54 bits per heavy atom. The minimum absolute atomic E-state index is 0.939. The third-order valence-corrected chi connectivity index (χ3v) is 4.78. The molecule has 0 saturated carbocycles. The van der Waals surface area contributed by atoms with Gasteiger partial charge in [-0.1, -0.05) is 36.4 Å². The fraction of sp³-hybridized carbons (Fsp3) is 0.182. The molecule has 4 nitrogen and oxygen atoms in total. The third-order valence-electron chi connectivity index (χ3n) is 4.78. The number of rotatable bonds is 5. The Hall–Kier alpha value is -3.14. The maximum absolute atomic E-state index is 4.30. The average Bonchev–Trinajstić information content (AvgIpc) is 3.23. The molecule has 0 atom stereocenters. The van der Waals surface area contributed by atoms with E-state index in [1.165, 1.54) is 21.8 Å². The fourth-order valence-electron chi connectivity index (χ4n) is 3.47. The first-order valence-electron chi connectivity index (χ1n) is 9.04. The molecular weight excluding hydrogens is 320 g/mol. The Kier molecular flexibility index (Phi) is 4.40. The molecule has 130 valence electrons. The topological polar surface area (TPSA) is 34.6 Å². The maximum atomic E-state index is 4.30. The minimum Gasteiger partial charge on any atom is -0.347 e. The van der Waals surface area contributed by atoms with Crippen LogP contribution in [-0.4, -0.2) is 21.6 Å². The zero-order valence-electron chi connectivity index (χ0n) is 15.1. The summed E-state index contributed by atoms with van der Waals surface area (Å²) in [6.07, 6.45) is 7.94. The van der Waals surface area contributed by atoms with Gasteiger partial charge in [0.25, 0.3) is 0 Å². The van der Waals surface area contributed by atoms with Gasteiger partial charge in [0.2, 0.25) is 0 Å². The van der Waals surface area contributed by atoms with Crippen LogP contribution in [0.1, 0.15) is 25.0 Å². The van der Waals surface area contributed by atoms with Crippen molar-refractivity contribution >= 4 is 34.2 Å². The molecule has 2 aromatic carbocycles. The number of benzene rings is 2. The Bertz CT molecular complexity index is 1020. The van der Waals surface area contributed by atoms with Gasteiger partial charge < -0.3 is 9.13 Å². The average molecular weight is 342 g/mol. The molecule has 4 aromatic rings. The summed E-state index contributed by atoms with van der Waals surface area (Å²) in [5, 5.41) is 11.0. The van der Waals surface area contributed by atoms with Crippen molar-refractivity contribution in [3.63, 3.8) is 0 Å². The van der Waals surface area contributed by atoms with Crippen LogP contribution in [0.4, 0.5) is 0 Å². The monoisotopic (exact) mass is 342 g/mol. The molecule has 0 aliphatic rings. The van der Waals surface area contributed by atoms with E-state index >= 15 is 0 Å². The van der Waals surface area contributed by atoms with Crippen LogP contribution >= 0.6 is 0 Å². The number of aromatic nitrogens is 2. The number of hydrogen-bond acceptors (Lipinski definition) is 2. The molecule has 0 radical (unpaired) electrons. The molecule has 0 fully saturated rings. The van der Waals surface area contributed by atoms with Crippen molar-refractivity contribution < 1.29 is 0 Å². The standard InChI is InChI=1S/C22H22N4/c1-3-25-15-17(19-9-5-7-11-21(19)25)13-23-24-14-18-16-26(4-2)22-12-8-6-10-20(18)22/h5-16H,3-4H2,1-2H3/b23-13+,24-14+. The van der Waals surface area contributed by atoms with E-state index in [4.69, 9.17) is 0 Å². The second kappa shape index (κ2) is 7.00. The predicted molar refractivity (Wildman–Crippen MR) is 110 cm³/mol. The van der Waals surface area contributed by atoms with Gasteiger partial charge in [-0.05, 0) is 26.0 Å². The van der Waals surface area contributed by atoms with Crippen molar-refractivity contribution in [1.29, 1.82) is 0 Å². The Labute approximate surface area is 153 Å². The second-order valence-electron chi connectivity index (χ2n) is 6.26. The predicted octanol–water partition coefficient (Wildman–Crippen LogP) is 5.09. The number of nitrogens with zero attached hydrogens (tertiary/aromatic N) is 4. The largest absolute Gasteiger partial charge is 0.347 e. The normalized spacial score (nSPS) is 12.2. The van der Waals surface area contributed by atoms with E-state index < -0.39 is 0 Å². The van der Waals surface area contributed by atoms with Gasteiger partial charge in [0.1, 0.15) is 0 Å². The molecule has 2 heterocycles. The highest BCUT2D eigenvalue weighted by atomic mass is 15.2. The van der Waals surface area contributed by atoms with Gasteiger partial charge in [-0.2, -0.15) is 10.2 Å². The van der Waals surface area contributed by atoms with Gasteiger partial charge in [-0.25, -0.2) is 0 Å². The molecule has 2 aromatic heterocycles. The van der Waals surface area contributed by atoms with E-state index in [1.807, 2.05) is 12.4 Å². The molecular formula is C22H22N4. The summed E-state index contributed by atoms with van der Waals surface area (Å²) in [5.41, 5.74) is 4.64. The zero-order chi connectivity index (χ0) is 17.9. The van der Waals surface area contributed by atoms with Gasteiger partial charge in [-0.3, -0.25) is 0 Å². The number of para-hydroxylation sites is 2. The van der Waals surface area contributed by atoms with Crippen molar-refractivity contribution in [3.05, 3.63) is 72.1 Å². The Balaban J connectivity index is 1.64. The fourth-order valence-corrected chi connectivity index (χ4v) is 3.47. The smallest absolute Gasteiger partial charge is 0.0589 e. The van der Waals surface area contributed by atoms with Crippen molar-refractivity contribution in [2.45, 2.75) is 26.9 Å². The first-order valence-corrected chi connectivity index (χ1v) is 9.04. The van der Waals surface area contributed by atoms with Crippen molar-refractivity contribution in [2.24, 2.45) is 10.2 Å². The van der Waals surface area contributed by atoms with Crippen LogP contribution in [0.5, 0.6) is 0 Å². The maximum Gasteiger partial charge on any atom is 0.0589 e. The quantitative estimate of drug-likeness (QED) is 0.358. The highest BCUT2D eigenvalue weighted by molar-refractivity contribution is 6.01. The molecule has 0 N–H and O–H groups in total. The SMILES string of the molecule is CCn1cc(/C=N/N=C/c2cn(CC)c3ccccc23)c2ccccc21. The van der Waals surface area contributed by atoms with E-state index in [9.17, 15) is 0 Å². The summed E-state index contributed by atoms with van der Waals surface area (Å²) in [6, 6.07) is 16.8. The van der Waals surface area contributed by atoms with Gasteiger partial charge >= 0.3 is 0 Å². The highest BCUT2D eigenvalue weighted by Gasteiger charge is 2.06. The van der Waals surface area contributed by atoms with Crippen LogP contribution in [0.25, 0.3) is 21.8 Å². The summed E-state index contributed by atoms with van der Waals surface area (Å²) in [6.45, 7) is 6.17. The molecule has 0 bridgehead atoms. The molecule has 0 saturated heterocycles. The summed E-state index contributed by atoms with van der Waals surface area (Å²) in [7, 11) is 0. The molecule has 4 rings (SSSR count). The summed E-state index contributed by atoms with van der Waals surface area (Å²) < 4.78 is 4.46. The van der Waals surface area contributed by atoms with Crippen molar-refractivity contribution in [1.82, 2.24) is 9.13 Å². The Morgan fingerprint density at radius 2 is 1.12 bits per heavy atom. The van der Waals surface area contributed by atoms with Crippen LogP contribution in [0.3, 0.4) is 0 Å². The molecule has 0 aliphatic heterocycles. The number of hydrogen-bond donors (Lipinski definition) is 0. The van der Waals surface area contributed by atoms with Crippen LogP contribution in [0.2, 0.25) is 0 Å². The molecule has 0 aliphatic carbocycles. The van der Waals surface area contributed by atoms with E-state index in [2.05, 4.69) is 94.1 Å². The number of fused-ring (bicyclic) bond motifs is 2. The van der Waals surface area contributed by atoms with E-state index in [-0.39, 0.29) is 0 Å². The third kappa shape index (κ3) is 2.84. The lowest BCUT2D eigenvalue weighted by Crippen LogP contribution is -1.89. The first kappa shape index (κ1) is 16.3. The van der Waals surface area contributed by atoms with Crippen molar-refractivity contribution in [2.75, 3.05) is 0 Å². The molecule has 0 unspecified atom stereocenters. The molecule has 26 heavy (non-hydrogen) atoms. The number of aryl methyl sites for hydroxylation is 2. The lowest BCUT2D eigenvalue weighted by molar-refractivity contribution is 0.797. The van der Waals surface area contributed by atoms with Crippen molar-refractivity contribution in [3.8, 4) is 0 Å². The van der Waals surface area contributed by atoms with Crippen LogP contribution in [0.15, 0.2) is 71.1 Å². The second-order valence-corrected chi connectivity index (χ2v) is 6.26. The summed E-state index contributed by atoms with van der Waals surface area (Å²) in [5.74, 6) is 0. The molecule has 4 heteroatoms. The van der Waals surface area contributed by atoms with Crippen LogP contribution < -0.4 is 0 Å². The summed E-state index contributed by atoms with van der Waals surface area (Å²) in [4.78, 5) is 0.